The average Bonchev–Trinajstić information content (AvgIpc) is 2.64. The summed E-state index contributed by atoms with van der Waals surface area (Å²) in [4.78, 5) is 23.6. The maximum absolute atomic E-state index is 12.1. The van der Waals surface area contributed by atoms with Crippen molar-refractivity contribution in [1.82, 2.24) is 0 Å². The molecular formula is C20H23NO6S. The summed E-state index contributed by atoms with van der Waals surface area (Å²) < 4.78 is 34.4. The molecule has 2 aromatic carbocycles. The van der Waals surface area contributed by atoms with Crippen LogP contribution in [0, 0.1) is 0 Å². The van der Waals surface area contributed by atoms with Gasteiger partial charge in [0.15, 0.2) is 27.1 Å². The van der Waals surface area contributed by atoms with E-state index in [0.717, 1.165) is 6.26 Å². The van der Waals surface area contributed by atoms with Crippen molar-refractivity contribution in [3.63, 3.8) is 0 Å². The highest BCUT2D eigenvalue weighted by Gasteiger charge is 2.14. The number of nitrogens with one attached hydrogen (secondary N) is 1. The number of Topliss-reactive ketones (excluding diaryl/α,β-unsaturated/α-hetero) is 1. The minimum atomic E-state index is -3.44. The predicted octanol–water partition coefficient (Wildman–Crippen LogP) is 3.10. The maximum atomic E-state index is 12.1. The summed E-state index contributed by atoms with van der Waals surface area (Å²) in [5, 5.41) is 2.62. The van der Waals surface area contributed by atoms with Gasteiger partial charge in [-0.2, -0.15) is 0 Å². The second kappa shape index (κ2) is 9.36. The minimum absolute atomic E-state index is 0.0732. The molecule has 0 spiro atoms. The van der Waals surface area contributed by atoms with E-state index in [1.807, 2.05) is 0 Å². The van der Waals surface area contributed by atoms with Crippen LogP contribution in [0.3, 0.4) is 0 Å². The molecule has 0 radical (unpaired) electrons. The van der Waals surface area contributed by atoms with Crippen LogP contribution < -0.4 is 14.8 Å². The van der Waals surface area contributed by atoms with Crippen LogP contribution in [-0.4, -0.2) is 40.1 Å². The van der Waals surface area contributed by atoms with Gasteiger partial charge in [0.2, 0.25) is 5.91 Å². The van der Waals surface area contributed by atoms with Gasteiger partial charge >= 0.3 is 0 Å². The molecule has 1 N–H and O–H groups in total. The number of ketones is 1. The quantitative estimate of drug-likeness (QED) is 0.508. The highest BCUT2D eigenvalue weighted by molar-refractivity contribution is 7.90. The monoisotopic (exact) mass is 405 g/mol. The predicted molar refractivity (Wildman–Crippen MR) is 106 cm³/mol. The first-order chi connectivity index (χ1) is 13.2. The van der Waals surface area contributed by atoms with Crippen molar-refractivity contribution in [3.05, 3.63) is 48.0 Å². The summed E-state index contributed by atoms with van der Waals surface area (Å²) in [6, 6.07) is 11.2. The normalized spacial score (nSPS) is 11.0. The fraction of sp³-hybridized carbons (Fsp3) is 0.300. The molecule has 28 heavy (non-hydrogen) atoms. The third-order valence-electron chi connectivity index (χ3n) is 3.94. The Bertz CT molecular complexity index is 968. The van der Waals surface area contributed by atoms with Crippen LogP contribution in [0.5, 0.6) is 11.5 Å². The topological polar surface area (TPSA) is 98.8 Å². The van der Waals surface area contributed by atoms with Crippen molar-refractivity contribution in [1.29, 1.82) is 0 Å². The molecule has 0 aliphatic rings. The molecule has 0 atom stereocenters. The van der Waals surface area contributed by atoms with Crippen molar-refractivity contribution in [2.75, 3.05) is 25.3 Å². The number of carbonyl (C=O) groups is 2. The number of methoxy groups -OCH3 is 1. The molecule has 2 aromatic rings. The average molecular weight is 405 g/mol. The van der Waals surface area contributed by atoms with Gasteiger partial charge in [0.1, 0.15) is 0 Å². The Morgan fingerprint density at radius 1 is 1.07 bits per heavy atom. The molecule has 0 aliphatic heterocycles. The number of para-hydroxylation sites is 1. The minimum Gasteiger partial charge on any atom is -0.493 e. The standard InChI is InChI=1S/C20H23NO6S/c1-14(22)15-10-11-17(18(13-15)26-2)27-12-6-9-20(23)21-16-7-4-5-8-19(16)28(3,24)25/h4-5,7-8,10-11,13H,6,9,12H2,1-3H3,(H,21,23). The van der Waals surface area contributed by atoms with Gasteiger partial charge in [-0.3, -0.25) is 9.59 Å². The fourth-order valence-corrected chi connectivity index (χ4v) is 3.37. The molecule has 0 aromatic heterocycles. The van der Waals surface area contributed by atoms with Crippen LogP contribution in [0.4, 0.5) is 5.69 Å². The Labute approximate surface area is 164 Å². The van der Waals surface area contributed by atoms with Crippen molar-refractivity contribution in [3.8, 4) is 11.5 Å². The third-order valence-corrected chi connectivity index (χ3v) is 5.09. The highest BCUT2D eigenvalue weighted by Crippen LogP contribution is 2.28. The van der Waals surface area contributed by atoms with Crippen LogP contribution in [-0.2, 0) is 14.6 Å². The van der Waals surface area contributed by atoms with E-state index >= 15 is 0 Å². The largest absolute Gasteiger partial charge is 0.493 e. The molecule has 0 fully saturated rings. The van der Waals surface area contributed by atoms with Crippen LogP contribution in [0.15, 0.2) is 47.4 Å². The Morgan fingerprint density at radius 2 is 1.79 bits per heavy atom. The maximum Gasteiger partial charge on any atom is 0.224 e. The van der Waals surface area contributed by atoms with E-state index in [1.54, 1.807) is 36.4 Å². The first-order valence-corrected chi connectivity index (χ1v) is 10.5. The summed E-state index contributed by atoms with van der Waals surface area (Å²) >= 11 is 0. The first kappa shape index (κ1) is 21.4. The van der Waals surface area contributed by atoms with E-state index in [2.05, 4.69) is 5.32 Å². The second-order valence-corrected chi connectivity index (χ2v) is 8.17. The molecule has 0 heterocycles. The lowest BCUT2D eigenvalue weighted by atomic mass is 10.1. The van der Waals surface area contributed by atoms with Gasteiger partial charge in [-0.05, 0) is 43.7 Å². The van der Waals surface area contributed by atoms with Crippen LogP contribution in [0.25, 0.3) is 0 Å². The lowest BCUT2D eigenvalue weighted by Gasteiger charge is -2.12. The zero-order chi connectivity index (χ0) is 20.7. The SMILES string of the molecule is COc1cc(C(C)=O)ccc1OCCCC(=O)Nc1ccccc1S(C)(=O)=O. The molecule has 0 saturated carbocycles. The molecule has 8 heteroatoms. The molecule has 0 saturated heterocycles. The number of rotatable bonds is 9. The van der Waals surface area contributed by atoms with Crippen molar-refractivity contribution >= 4 is 27.2 Å². The third kappa shape index (κ3) is 5.82. The summed E-state index contributed by atoms with van der Waals surface area (Å²) in [7, 11) is -1.95. The summed E-state index contributed by atoms with van der Waals surface area (Å²) in [6.45, 7) is 1.73. The lowest BCUT2D eigenvalue weighted by molar-refractivity contribution is -0.116. The van der Waals surface area contributed by atoms with Gasteiger partial charge in [0.05, 0.1) is 24.3 Å². The number of carbonyl (C=O) groups excluding carboxylic acids is 2. The number of benzene rings is 2. The molecule has 7 nitrogen and oxygen atoms in total. The Hall–Kier alpha value is -2.87. The molecule has 150 valence electrons. The number of amides is 1. The second-order valence-electron chi connectivity index (χ2n) is 6.19. The molecule has 1 amide bonds. The Balaban J connectivity index is 1.90. The number of ether oxygens (including phenoxy) is 2. The van der Waals surface area contributed by atoms with Gasteiger partial charge in [-0.15, -0.1) is 0 Å². The van der Waals surface area contributed by atoms with Crippen molar-refractivity contribution in [2.45, 2.75) is 24.7 Å². The van der Waals surface area contributed by atoms with Crippen LogP contribution in [0.2, 0.25) is 0 Å². The van der Waals surface area contributed by atoms with E-state index in [0.29, 0.717) is 23.5 Å². The Kier molecular flexibility index (Phi) is 7.17. The van der Waals surface area contributed by atoms with Crippen LogP contribution in [0.1, 0.15) is 30.1 Å². The molecule has 2 rings (SSSR count). The van der Waals surface area contributed by atoms with Gasteiger partial charge in [-0.25, -0.2) is 8.42 Å². The van der Waals surface area contributed by atoms with E-state index in [1.165, 1.54) is 20.1 Å². The Morgan fingerprint density at radius 3 is 2.43 bits per heavy atom. The van der Waals surface area contributed by atoms with E-state index in [-0.39, 0.29) is 35.3 Å². The summed E-state index contributed by atoms with van der Waals surface area (Å²) in [6.07, 6.45) is 1.67. The molecule has 0 unspecified atom stereocenters. The molecular weight excluding hydrogens is 382 g/mol. The van der Waals surface area contributed by atoms with Crippen LogP contribution >= 0.6 is 0 Å². The van der Waals surface area contributed by atoms with Crippen molar-refractivity contribution in [2.24, 2.45) is 0 Å². The van der Waals surface area contributed by atoms with E-state index < -0.39 is 9.84 Å². The molecule has 0 aliphatic carbocycles. The zero-order valence-electron chi connectivity index (χ0n) is 16.0. The number of anilines is 1. The summed E-state index contributed by atoms with van der Waals surface area (Å²) in [5.74, 6) is 0.545. The number of hydrogen-bond acceptors (Lipinski definition) is 6. The van der Waals surface area contributed by atoms with E-state index in [9.17, 15) is 18.0 Å². The summed E-state index contributed by atoms with van der Waals surface area (Å²) in [5.41, 5.74) is 0.783. The van der Waals surface area contributed by atoms with Gasteiger partial charge in [0.25, 0.3) is 0 Å². The van der Waals surface area contributed by atoms with E-state index in [4.69, 9.17) is 9.47 Å². The zero-order valence-corrected chi connectivity index (χ0v) is 16.8. The first-order valence-electron chi connectivity index (χ1n) is 8.63. The van der Waals surface area contributed by atoms with Gasteiger partial charge in [0, 0.05) is 18.2 Å². The highest BCUT2D eigenvalue weighted by atomic mass is 32.2. The number of sulfone groups is 1. The van der Waals surface area contributed by atoms with Crippen molar-refractivity contribution < 1.29 is 27.5 Å². The lowest BCUT2D eigenvalue weighted by Crippen LogP contribution is -2.15. The smallest absolute Gasteiger partial charge is 0.224 e. The fourth-order valence-electron chi connectivity index (χ4n) is 2.53. The van der Waals surface area contributed by atoms with Gasteiger partial charge in [-0.1, -0.05) is 12.1 Å². The van der Waals surface area contributed by atoms with Gasteiger partial charge < -0.3 is 14.8 Å². The molecule has 0 bridgehead atoms. The number of hydrogen-bond donors (Lipinski definition) is 1.